The van der Waals surface area contributed by atoms with Crippen LogP contribution in [0.4, 0.5) is 18.9 Å². The molecule has 0 saturated heterocycles. The number of rotatable bonds is 5. The monoisotopic (exact) mass is 387 g/mol. The summed E-state index contributed by atoms with van der Waals surface area (Å²) >= 11 is 11.0. The highest BCUT2D eigenvalue weighted by molar-refractivity contribution is 6.54. The number of nitrogens with zero attached hydrogens (tertiary/aromatic N) is 1. The van der Waals surface area contributed by atoms with Crippen molar-refractivity contribution in [2.45, 2.75) is 23.5 Å². The van der Waals surface area contributed by atoms with Crippen LogP contribution in [-0.4, -0.2) is 41.7 Å². The fourth-order valence-corrected chi connectivity index (χ4v) is 2.25. The summed E-state index contributed by atoms with van der Waals surface area (Å²) in [5.41, 5.74) is -4.36. The molecule has 0 radical (unpaired) electrons. The summed E-state index contributed by atoms with van der Waals surface area (Å²) < 4.78 is 43.5. The first-order valence-electron chi connectivity index (χ1n) is 6.58. The lowest BCUT2D eigenvalue weighted by atomic mass is 9.93. The Morgan fingerprint density at radius 1 is 1.25 bits per heavy atom. The van der Waals surface area contributed by atoms with Gasteiger partial charge in [0.1, 0.15) is 0 Å². The molecule has 0 saturated carbocycles. The minimum atomic E-state index is -5.29. The maximum Gasteiger partial charge on any atom is 0.432 e. The van der Waals surface area contributed by atoms with E-state index in [1.54, 1.807) is 6.92 Å². The van der Waals surface area contributed by atoms with Crippen LogP contribution in [0.2, 0.25) is 0 Å². The molecule has 0 aliphatic heterocycles. The molecule has 0 aromatic heterocycles. The number of alkyl halides is 5. The highest BCUT2D eigenvalue weighted by Crippen LogP contribution is 2.40. The standard InChI is InChI=1S/C14H14Cl2F3NO4/c1-3-20(11(21)10(15)16)9-6-4-8(5-7-9)13(23,12(22)24-2)14(17,18)19/h4-7,10,23H,3H2,1-2H3/t13-/m1/s1. The topological polar surface area (TPSA) is 66.8 Å². The van der Waals surface area contributed by atoms with Crippen LogP contribution in [0.3, 0.4) is 0 Å². The van der Waals surface area contributed by atoms with Crippen LogP contribution in [0, 0.1) is 0 Å². The molecule has 0 bridgehead atoms. The quantitative estimate of drug-likeness (QED) is 0.623. The fraction of sp³-hybridized carbons (Fsp3) is 0.429. The van der Waals surface area contributed by atoms with Crippen molar-refractivity contribution in [2.75, 3.05) is 18.6 Å². The molecule has 24 heavy (non-hydrogen) atoms. The number of amides is 1. The van der Waals surface area contributed by atoms with Gasteiger partial charge in [0.25, 0.3) is 11.5 Å². The number of ether oxygens (including phenoxy) is 1. The van der Waals surface area contributed by atoms with Gasteiger partial charge < -0.3 is 14.7 Å². The van der Waals surface area contributed by atoms with Crippen LogP contribution in [0.1, 0.15) is 12.5 Å². The summed E-state index contributed by atoms with van der Waals surface area (Å²) in [4.78, 5) is 23.1. The molecular weight excluding hydrogens is 374 g/mol. The van der Waals surface area contributed by atoms with Crippen molar-refractivity contribution >= 4 is 40.8 Å². The SMILES string of the molecule is CCN(C(=O)C(Cl)Cl)c1ccc([C@@](O)(C(=O)OC)C(F)(F)F)cc1. The second-order valence-electron chi connectivity index (χ2n) is 4.63. The lowest BCUT2D eigenvalue weighted by molar-refractivity contribution is -0.266. The number of hydrogen-bond acceptors (Lipinski definition) is 4. The largest absolute Gasteiger partial charge is 0.466 e. The second-order valence-corrected chi connectivity index (χ2v) is 5.73. The molecule has 0 aliphatic carbocycles. The number of esters is 1. The van der Waals surface area contributed by atoms with E-state index in [1.807, 2.05) is 0 Å². The second kappa shape index (κ2) is 7.58. The van der Waals surface area contributed by atoms with E-state index >= 15 is 0 Å². The van der Waals surface area contributed by atoms with E-state index in [0.717, 1.165) is 36.3 Å². The molecular formula is C14H14Cl2F3NO4. The van der Waals surface area contributed by atoms with Crippen molar-refractivity contribution in [3.63, 3.8) is 0 Å². The first kappa shape index (κ1) is 20.5. The first-order valence-corrected chi connectivity index (χ1v) is 7.45. The summed E-state index contributed by atoms with van der Waals surface area (Å²) in [7, 11) is 0.728. The van der Waals surface area contributed by atoms with Crippen LogP contribution in [0.15, 0.2) is 24.3 Å². The minimum Gasteiger partial charge on any atom is -0.466 e. The highest BCUT2D eigenvalue weighted by Gasteiger charge is 2.62. The van der Waals surface area contributed by atoms with Gasteiger partial charge in [-0.1, -0.05) is 35.3 Å². The zero-order valence-corrected chi connectivity index (χ0v) is 14.1. The Bertz CT molecular complexity index is 607. The van der Waals surface area contributed by atoms with E-state index in [1.165, 1.54) is 0 Å². The molecule has 0 fully saturated rings. The molecule has 10 heteroatoms. The van der Waals surface area contributed by atoms with Crippen molar-refractivity contribution in [3.05, 3.63) is 29.8 Å². The predicted molar refractivity (Wildman–Crippen MR) is 81.9 cm³/mol. The van der Waals surface area contributed by atoms with Crippen molar-refractivity contribution in [3.8, 4) is 0 Å². The lowest BCUT2D eigenvalue weighted by Crippen LogP contribution is -2.49. The highest BCUT2D eigenvalue weighted by atomic mass is 35.5. The molecule has 0 spiro atoms. The van der Waals surface area contributed by atoms with Gasteiger partial charge in [0.15, 0.2) is 4.84 Å². The van der Waals surface area contributed by atoms with Crippen LogP contribution >= 0.6 is 23.2 Å². The number of carbonyl (C=O) groups excluding carboxylic acids is 2. The number of aliphatic hydroxyl groups is 1. The number of carbonyl (C=O) groups is 2. The van der Waals surface area contributed by atoms with E-state index in [0.29, 0.717) is 0 Å². The fourth-order valence-electron chi connectivity index (χ4n) is 2.01. The molecule has 1 amide bonds. The van der Waals surface area contributed by atoms with Crippen LogP contribution in [0.5, 0.6) is 0 Å². The van der Waals surface area contributed by atoms with Gasteiger partial charge in [-0.25, -0.2) is 4.79 Å². The molecule has 1 atom stereocenters. The zero-order chi connectivity index (χ0) is 18.7. The van der Waals surface area contributed by atoms with E-state index in [9.17, 15) is 27.9 Å². The third-order valence-corrected chi connectivity index (χ3v) is 3.63. The van der Waals surface area contributed by atoms with Gasteiger partial charge in [-0.3, -0.25) is 4.79 Å². The van der Waals surface area contributed by atoms with E-state index < -0.39 is 34.1 Å². The summed E-state index contributed by atoms with van der Waals surface area (Å²) in [6, 6.07) is 4.00. The molecule has 1 aromatic rings. The lowest BCUT2D eigenvalue weighted by Gasteiger charge is -2.28. The van der Waals surface area contributed by atoms with Gasteiger partial charge in [0, 0.05) is 17.8 Å². The van der Waals surface area contributed by atoms with Gasteiger partial charge in [-0.05, 0) is 19.1 Å². The van der Waals surface area contributed by atoms with E-state index in [-0.39, 0.29) is 12.2 Å². The summed E-state index contributed by atoms with van der Waals surface area (Å²) in [5, 5.41) is 9.85. The summed E-state index contributed by atoms with van der Waals surface area (Å²) in [6.07, 6.45) is -5.29. The molecule has 0 unspecified atom stereocenters. The normalized spacial score (nSPS) is 14.2. The average Bonchev–Trinajstić information content (AvgIpc) is 2.53. The molecule has 0 heterocycles. The number of halogens is 5. The van der Waals surface area contributed by atoms with Gasteiger partial charge >= 0.3 is 12.1 Å². The van der Waals surface area contributed by atoms with Crippen molar-refractivity contribution < 1.29 is 32.6 Å². The van der Waals surface area contributed by atoms with Crippen molar-refractivity contribution in [1.29, 1.82) is 0 Å². The minimum absolute atomic E-state index is 0.161. The maximum atomic E-state index is 13.1. The summed E-state index contributed by atoms with van der Waals surface area (Å²) in [6.45, 7) is 1.77. The van der Waals surface area contributed by atoms with Crippen LogP contribution in [0.25, 0.3) is 0 Å². The third kappa shape index (κ3) is 3.76. The molecule has 134 valence electrons. The average molecular weight is 388 g/mol. The molecule has 1 aromatic carbocycles. The third-order valence-electron chi connectivity index (χ3n) is 3.26. The molecule has 5 nitrogen and oxygen atoms in total. The van der Waals surface area contributed by atoms with E-state index in [2.05, 4.69) is 4.74 Å². The molecule has 1 N–H and O–H groups in total. The Balaban J connectivity index is 3.30. The van der Waals surface area contributed by atoms with Gasteiger partial charge in [-0.2, -0.15) is 13.2 Å². The Kier molecular flexibility index (Phi) is 6.49. The Hall–Kier alpha value is -1.51. The smallest absolute Gasteiger partial charge is 0.432 e. The van der Waals surface area contributed by atoms with Gasteiger partial charge in [0.05, 0.1) is 7.11 Å². The molecule has 0 aliphatic rings. The molecule has 1 rings (SSSR count). The first-order chi connectivity index (χ1) is 11.0. The van der Waals surface area contributed by atoms with E-state index in [4.69, 9.17) is 23.2 Å². The predicted octanol–water partition coefficient (Wildman–Crippen LogP) is 2.77. The number of anilines is 1. The number of methoxy groups -OCH3 is 1. The van der Waals surface area contributed by atoms with Crippen LogP contribution < -0.4 is 4.90 Å². The van der Waals surface area contributed by atoms with Gasteiger partial charge in [-0.15, -0.1) is 0 Å². The summed E-state index contributed by atoms with van der Waals surface area (Å²) in [5.74, 6) is -2.53. The number of hydrogen-bond donors (Lipinski definition) is 1. The number of benzene rings is 1. The van der Waals surface area contributed by atoms with Gasteiger partial charge in [0.2, 0.25) is 0 Å². The van der Waals surface area contributed by atoms with Crippen molar-refractivity contribution in [1.82, 2.24) is 0 Å². The Morgan fingerprint density at radius 3 is 2.08 bits per heavy atom. The van der Waals surface area contributed by atoms with Crippen LogP contribution in [-0.2, 0) is 19.9 Å². The maximum absolute atomic E-state index is 13.1. The zero-order valence-electron chi connectivity index (χ0n) is 12.6. The Labute approximate surface area is 145 Å². The van der Waals surface area contributed by atoms with Crippen molar-refractivity contribution in [2.24, 2.45) is 0 Å². The Morgan fingerprint density at radius 2 is 1.75 bits per heavy atom.